The minimum absolute atomic E-state index is 0.183. The number of carbonyl (C=O) groups excluding carboxylic acids is 1. The fourth-order valence-corrected chi connectivity index (χ4v) is 3.51. The Balaban J connectivity index is 0.000000972. The molecule has 1 aromatic rings. The van der Waals surface area contributed by atoms with Crippen molar-refractivity contribution in [1.29, 1.82) is 5.41 Å². The van der Waals surface area contributed by atoms with Crippen LogP contribution in [-0.2, 0) is 9.63 Å². The van der Waals surface area contributed by atoms with Crippen LogP contribution in [0.4, 0.5) is 0 Å². The van der Waals surface area contributed by atoms with Crippen molar-refractivity contribution >= 4 is 23.7 Å². The molecule has 0 aromatic heterocycles. The fraction of sp³-hybridized carbons (Fsp3) is 0.619. The Hall–Kier alpha value is -1.43. The summed E-state index contributed by atoms with van der Waals surface area (Å²) in [7, 11) is 1.39. The van der Waals surface area contributed by atoms with E-state index in [4.69, 9.17) is 17.0 Å². The molecule has 0 fully saturated rings. The number of carbonyl (C=O) groups is 1. The molecule has 1 unspecified atom stereocenters. The highest BCUT2D eigenvalue weighted by Gasteiger charge is 2.36. The van der Waals surface area contributed by atoms with Crippen molar-refractivity contribution in [2.24, 2.45) is 11.3 Å². The average Bonchev–Trinajstić information content (AvgIpc) is 2.60. The fourth-order valence-electron chi connectivity index (χ4n) is 3.26. The molecule has 5 nitrogen and oxygen atoms in total. The maximum absolute atomic E-state index is 10.9. The molecule has 154 valence electrons. The average molecular weight is 399 g/mol. The monoisotopic (exact) mass is 398 g/mol. The third-order valence-corrected chi connectivity index (χ3v) is 4.92. The number of amides is 1. The van der Waals surface area contributed by atoms with Crippen molar-refractivity contribution in [1.82, 2.24) is 5.48 Å². The van der Waals surface area contributed by atoms with Crippen molar-refractivity contribution in [3.63, 3.8) is 0 Å². The van der Waals surface area contributed by atoms with E-state index in [2.05, 4.69) is 38.0 Å². The highest BCUT2D eigenvalue weighted by atomic mass is 35.5. The van der Waals surface area contributed by atoms with Crippen LogP contribution in [-0.4, -0.2) is 24.3 Å². The number of aliphatic hydroxyl groups excluding tert-OH is 1. The predicted octanol–water partition coefficient (Wildman–Crippen LogP) is 5.30. The second-order valence-corrected chi connectivity index (χ2v) is 7.76. The van der Waals surface area contributed by atoms with Gasteiger partial charge in [0.25, 0.3) is 0 Å². The first-order valence-corrected chi connectivity index (χ1v) is 9.80. The van der Waals surface area contributed by atoms with Gasteiger partial charge in [-0.1, -0.05) is 65.0 Å². The van der Waals surface area contributed by atoms with Gasteiger partial charge in [-0.15, -0.1) is 0 Å². The zero-order valence-electron chi connectivity index (χ0n) is 17.4. The normalized spacial score (nSPS) is 12.2. The minimum Gasteiger partial charge on any atom is -0.388 e. The standard InChI is InChI=1S/C18H28ClNO.C3H7NO2/c1-5-7-15(8-6-2)18(3,4)17(21)14-9-13(12-20)10-16(19)11-14;1-3(5)4-6-2/h9-12,15,17,20-21H,5-8H2,1-4H3;1-2H3,(H,4,5). The molecule has 0 aliphatic rings. The van der Waals surface area contributed by atoms with Gasteiger partial charge in [0.2, 0.25) is 5.91 Å². The Morgan fingerprint density at radius 2 is 1.85 bits per heavy atom. The minimum atomic E-state index is -0.571. The van der Waals surface area contributed by atoms with Gasteiger partial charge < -0.3 is 10.5 Å². The molecule has 27 heavy (non-hydrogen) atoms. The summed E-state index contributed by atoms with van der Waals surface area (Å²) in [4.78, 5) is 14.0. The first-order valence-electron chi connectivity index (χ1n) is 9.42. The topological polar surface area (TPSA) is 82.4 Å². The molecule has 1 amide bonds. The van der Waals surface area contributed by atoms with E-state index in [1.165, 1.54) is 20.2 Å². The molecule has 1 atom stereocenters. The third-order valence-electron chi connectivity index (χ3n) is 4.70. The summed E-state index contributed by atoms with van der Waals surface area (Å²) in [5.74, 6) is 0.294. The number of rotatable bonds is 9. The lowest BCUT2D eigenvalue weighted by atomic mass is 9.69. The van der Waals surface area contributed by atoms with Crippen LogP contribution in [0.1, 0.15) is 77.5 Å². The van der Waals surface area contributed by atoms with E-state index in [-0.39, 0.29) is 11.3 Å². The molecular weight excluding hydrogens is 364 g/mol. The van der Waals surface area contributed by atoms with Crippen LogP contribution in [0.15, 0.2) is 18.2 Å². The van der Waals surface area contributed by atoms with Crippen LogP contribution in [0.2, 0.25) is 5.02 Å². The van der Waals surface area contributed by atoms with Crippen molar-refractivity contribution < 1.29 is 14.7 Å². The van der Waals surface area contributed by atoms with Crippen molar-refractivity contribution in [3.05, 3.63) is 34.3 Å². The van der Waals surface area contributed by atoms with E-state index in [1.807, 2.05) is 12.1 Å². The van der Waals surface area contributed by atoms with E-state index < -0.39 is 6.10 Å². The van der Waals surface area contributed by atoms with E-state index in [0.717, 1.165) is 36.8 Å². The quantitative estimate of drug-likeness (QED) is 0.390. The molecule has 0 bridgehead atoms. The molecule has 0 radical (unpaired) electrons. The lowest BCUT2D eigenvalue weighted by Crippen LogP contribution is -2.31. The van der Waals surface area contributed by atoms with Gasteiger partial charge in [-0.3, -0.25) is 9.63 Å². The van der Waals surface area contributed by atoms with Gasteiger partial charge in [-0.25, -0.2) is 5.48 Å². The van der Waals surface area contributed by atoms with E-state index >= 15 is 0 Å². The smallest absolute Gasteiger partial charge is 0.240 e. The predicted molar refractivity (Wildman–Crippen MR) is 112 cm³/mol. The van der Waals surface area contributed by atoms with Crippen LogP contribution >= 0.6 is 11.6 Å². The van der Waals surface area contributed by atoms with E-state index in [0.29, 0.717) is 10.9 Å². The van der Waals surface area contributed by atoms with Gasteiger partial charge in [0.15, 0.2) is 0 Å². The van der Waals surface area contributed by atoms with E-state index in [1.54, 1.807) is 6.07 Å². The molecule has 6 heteroatoms. The summed E-state index contributed by atoms with van der Waals surface area (Å²) in [6.07, 6.45) is 5.19. The van der Waals surface area contributed by atoms with Gasteiger partial charge >= 0.3 is 0 Å². The number of aliphatic hydroxyl groups is 1. The summed E-state index contributed by atoms with van der Waals surface area (Å²) in [5.41, 5.74) is 3.40. The SMILES string of the molecule is CCCC(CCC)C(C)(C)C(O)c1cc(Cl)cc(C=N)c1.CONC(C)=O. The molecule has 0 aliphatic heterocycles. The lowest BCUT2D eigenvalue weighted by Gasteiger charge is -2.39. The molecule has 0 spiro atoms. The summed E-state index contributed by atoms with van der Waals surface area (Å²) in [5, 5.41) is 18.8. The summed E-state index contributed by atoms with van der Waals surface area (Å²) < 4.78 is 0. The summed E-state index contributed by atoms with van der Waals surface area (Å²) in [6, 6.07) is 5.42. The van der Waals surface area contributed by atoms with Crippen LogP contribution in [0.25, 0.3) is 0 Å². The largest absolute Gasteiger partial charge is 0.388 e. The van der Waals surface area contributed by atoms with Gasteiger partial charge in [0.1, 0.15) is 0 Å². The molecule has 3 N–H and O–H groups in total. The Kier molecular flexibility index (Phi) is 12.2. The number of hydrogen-bond acceptors (Lipinski definition) is 4. The van der Waals surface area contributed by atoms with Gasteiger partial charge in [0.05, 0.1) is 13.2 Å². The van der Waals surface area contributed by atoms with Crippen molar-refractivity contribution in [2.75, 3.05) is 7.11 Å². The highest BCUT2D eigenvalue weighted by molar-refractivity contribution is 6.30. The Labute approximate surface area is 168 Å². The molecule has 0 aliphatic carbocycles. The molecule has 1 rings (SSSR count). The van der Waals surface area contributed by atoms with Crippen LogP contribution in [0.3, 0.4) is 0 Å². The van der Waals surface area contributed by atoms with Gasteiger partial charge in [-0.2, -0.15) is 0 Å². The van der Waals surface area contributed by atoms with Crippen molar-refractivity contribution in [3.8, 4) is 0 Å². The Bertz CT molecular complexity index is 585. The number of hydrogen-bond donors (Lipinski definition) is 3. The second-order valence-electron chi connectivity index (χ2n) is 7.32. The second kappa shape index (κ2) is 12.9. The van der Waals surface area contributed by atoms with Crippen LogP contribution in [0.5, 0.6) is 0 Å². The number of benzene rings is 1. The molecule has 0 heterocycles. The summed E-state index contributed by atoms with van der Waals surface area (Å²) >= 11 is 6.11. The van der Waals surface area contributed by atoms with Gasteiger partial charge in [0, 0.05) is 18.2 Å². The Morgan fingerprint density at radius 3 is 2.22 bits per heavy atom. The zero-order chi connectivity index (χ0) is 21.0. The first-order chi connectivity index (χ1) is 12.6. The summed E-state index contributed by atoms with van der Waals surface area (Å²) in [6.45, 7) is 10.0. The molecule has 1 aromatic carbocycles. The van der Waals surface area contributed by atoms with Gasteiger partial charge in [-0.05, 0) is 40.7 Å². The number of nitrogens with one attached hydrogen (secondary N) is 2. The Morgan fingerprint density at radius 1 is 1.30 bits per heavy atom. The zero-order valence-corrected chi connectivity index (χ0v) is 18.2. The number of hydroxylamine groups is 1. The maximum atomic E-state index is 10.9. The van der Waals surface area contributed by atoms with E-state index in [9.17, 15) is 9.90 Å². The van der Waals surface area contributed by atoms with Crippen LogP contribution in [0, 0.1) is 16.7 Å². The van der Waals surface area contributed by atoms with Crippen molar-refractivity contribution in [2.45, 2.75) is 66.4 Å². The molecule has 0 saturated carbocycles. The number of halogens is 1. The first kappa shape index (κ1) is 25.6. The third kappa shape index (κ3) is 8.87. The molecular formula is C21H35ClN2O3. The highest BCUT2D eigenvalue weighted by Crippen LogP contribution is 2.44. The maximum Gasteiger partial charge on any atom is 0.240 e. The lowest BCUT2D eigenvalue weighted by molar-refractivity contribution is -0.128. The van der Waals surface area contributed by atoms with Crippen LogP contribution < -0.4 is 5.48 Å². The molecule has 0 saturated heterocycles.